The summed E-state index contributed by atoms with van der Waals surface area (Å²) in [5.41, 5.74) is 5.76. The van der Waals surface area contributed by atoms with E-state index in [0.717, 1.165) is 72.7 Å². The molecule has 0 aliphatic heterocycles. The van der Waals surface area contributed by atoms with Gasteiger partial charge >= 0.3 is 0 Å². The Balaban J connectivity index is 1.23. The number of fused-ring (bicyclic) bond motifs is 4. The number of unbranched alkanes of at least 4 members (excludes halogenated alkanes) is 2. The third-order valence-corrected chi connectivity index (χ3v) is 8.33. The van der Waals surface area contributed by atoms with Crippen LogP contribution in [0.4, 0.5) is 11.6 Å². The molecule has 44 heavy (non-hydrogen) atoms. The van der Waals surface area contributed by atoms with Crippen LogP contribution < -0.4 is 10.6 Å². The smallest absolute Gasteiger partial charge is 0.165 e. The molecule has 2 N–H and O–H groups in total. The van der Waals surface area contributed by atoms with Crippen molar-refractivity contribution in [3.63, 3.8) is 0 Å². The van der Waals surface area contributed by atoms with Crippen LogP contribution >= 0.6 is 0 Å². The normalized spacial score (nSPS) is 11.7. The van der Waals surface area contributed by atoms with Crippen molar-refractivity contribution in [2.24, 2.45) is 0 Å². The molecule has 10 nitrogen and oxygen atoms in total. The van der Waals surface area contributed by atoms with Crippen LogP contribution in [0.25, 0.3) is 43.9 Å². The zero-order chi connectivity index (χ0) is 29.9. The highest BCUT2D eigenvalue weighted by Gasteiger charge is 2.17. The Bertz CT molecular complexity index is 1870. The maximum atomic E-state index is 4.66. The molecule has 4 heterocycles. The van der Waals surface area contributed by atoms with Gasteiger partial charge in [0.05, 0.1) is 12.7 Å². The lowest BCUT2D eigenvalue weighted by Crippen LogP contribution is -2.08. The second-order valence-corrected chi connectivity index (χ2v) is 11.1. The largest absolute Gasteiger partial charge is 0.364 e. The minimum absolute atomic E-state index is 0.602. The maximum absolute atomic E-state index is 4.66. The highest BCUT2D eigenvalue weighted by atomic mass is 15.2. The quantitative estimate of drug-likeness (QED) is 0.146. The van der Waals surface area contributed by atoms with Gasteiger partial charge in [-0.25, -0.2) is 29.9 Å². The summed E-state index contributed by atoms with van der Waals surface area (Å²) in [5, 5.41) is 12.0. The van der Waals surface area contributed by atoms with Gasteiger partial charge in [-0.15, -0.1) is 0 Å². The molecular formula is C34H36N10. The first-order chi connectivity index (χ1) is 21.8. The summed E-state index contributed by atoms with van der Waals surface area (Å²) in [5.74, 6) is 1.49. The first-order valence-electron chi connectivity index (χ1n) is 15.5. The lowest BCUT2D eigenvalue weighted by atomic mass is 9.91. The molecule has 0 aliphatic rings. The van der Waals surface area contributed by atoms with E-state index in [1.807, 2.05) is 12.7 Å². The number of hydrogen-bond donors (Lipinski definition) is 2. The molecule has 7 aromatic rings. The Morgan fingerprint density at radius 1 is 0.545 bits per heavy atom. The van der Waals surface area contributed by atoms with Crippen molar-refractivity contribution in [2.75, 3.05) is 10.6 Å². The van der Waals surface area contributed by atoms with Crippen molar-refractivity contribution in [3.8, 4) is 0 Å². The van der Waals surface area contributed by atoms with Crippen LogP contribution in [0.2, 0.25) is 0 Å². The first-order valence-corrected chi connectivity index (χ1v) is 15.5. The average Bonchev–Trinajstić information content (AvgIpc) is 3.69. The zero-order valence-electron chi connectivity index (χ0n) is 25.2. The van der Waals surface area contributed by atoms with E-state index in [0.29, 0.717) is 13.1 Å². The molecule has 0 bridgehead atoms. The van der Waals surface area contributed by atoms with Crippen molar-refractivity contribution in [3.05, 3.63) is 85.0 Å². The van der Waals surface area contributed by atoms with Gasteiger partial charge in [-0.05, 0) is 45.5 Å². The molecule has 3 aromatic carbocycles. The van der Waals surface area contributed by atoms with E-state index < -0.39 is 0 Å². The van der Waals surface area contributed by atoms with E-state index in [9.17, 15) is 0 Å². The van der Waals surface area contributed by atoms with Gasteiger partial charge < -0.3 is 19.8 Å². The SMILES string of the molecule is CCCCn1cnc2c(NCc3c4ccccc4c(CNc4ncnc5c4ncn5CCCC)c4ccccc34)ncnc21. The molecule has 0 saturated heterocycles. The highest BCUT2D eigenvalue weighted by molar-refractivity contribution is 6.06. The first kappa shape index (κ1) is 27.7. The summed E-state index contributed by atoms with van der Waals surface area (Å²) in [4.78, 5) is 27.5. The lowest BCUT2D eigenvalue weighted by Gasteiger charge is -2.18. The fraction of sp³-hybridized carbons (Fsp3) is 0.294. The van der Waals surface area contributed by atoms with Crippen molar-refractivity contribution in [2.45, 2.75) is 65.7 Å². The summed E-state index contributed by atoms with van der Waals surface area (Å²) < 4.78 is 4.22. The molecular weight excluding hydrogens is 548 g/mol. The zero-order valence-corrected chi connectivity index (χ0v) is 25.2. The van der Waals surface area contributed by atoms with Crippen LogP contribution in [0.15, 0.2) is 73.8 Å². The molecule has 0 saturated carbocycles. The molecule has 10 heteroatoms. The van der Waals surface area contributed by atoms with Gasteiger partial charge in [0, 0.05) is 26.2 Å². The average molecular weight is 585 g/mol. The van der Waals surface area contributed by atoms with Crippen LogP contribution in [0.5, 0.6) is 0 Å². The van der Waals surface area contributed by atoms with Crippen molar-refractivity contribution < 1.29 is 0 Å². The molecule has 0 unspecified atom stereocenters. The Morgan fingerprint density at radius 2 is 0.955 bits per heavy atom. The van der Waals surface area contributed by atoms with Crippen LogP contribution in [0, 0.1) is 0 Å². The molecule has 0 fully saturated rings. The van der Waals surface area contributed by atoms with Gasteiger partial charge in [0.15, 0.2) is 22.9 Å². The highest BCUT2D eigenvalue weighted by Crippen LogP contribution is 2.34. The van der Waals surface area contributed by atoms with E-state index in [1.54, 1.807) is 12.7 Å². The Hall–Kier alpha value is -5.12. The van der Waals surface area contributed by atoms with Gasteiger partial charge in [-0.1, -0.05) is 75.2 Å². The van der Waals surface area contributed by atoms with E-state index in [-0.39, 0.29) is 0 Å². The number of nitrogens with zero attached hydrogens (tertiary/aromatic N) is 8. The van der Waals surface area contributed by atoms with E-state index in [2.05, 4.69) is 112 Å². The molecule has 0 aliphatic carbocycles. The maximum Gasteiger partial charge on any atom is 0.165 e. The van der Waals surface area contributed by atoms with E-state index in [4.69, 9.17) is 0 Å². The number of aromatic nitrogens is 8. The predicted molar refractivity (Wildman–Crippen MR) is 177 cm³/mol. The molecule has 0 spiro atoms. The van der Waals surface area contributed by atoms with E-state index >= 15 is 0 Å². The second kappa shape index (κ2) is 12.2. The van der Waals surface area contributed by atoms with Crippen LogP contribution in [-0.4, -0.2) is 39.0 Å². The second-order valence-electron chi connectivity index (χ2n) is 11.1. The number of imidazole rings is 2. The standard InChI is InChI=1S/C34H36N10/c1-3-5-15-43-21-41-29-31(37-19-39-33(29)43)35-17-27-23-11-7-9-13-25(23)28(26-14-10-8-12-24(26)27)18-36-32-30-34(40-20-38-32)44(22-42-30)16-6-4-2/h7-14,19-22H,3-6,15-18H2,1-2H3,(H,35,37,39)(H,36,38,40). The van der Waals surface area contributed by atoms with Crippen molar-refractivity contribution in [1.82, 2.24) is 39.0 Å². The van der Waals surface area contributed by atoms with Crippen molar-refractivity contribution in [1.29, 1.82) is 0 Å². The number of nitrogens with one attached hydrogen (secondary N) is 2. The Kier molecular flexibility index (Phi) is 7.70. The topological polar surface area (TPSA) is 111 Å². The third-order valence-electron chi connectivity index (χ3n) is 8.33. The van der Waals surface area contributed by atoms with Gasteiger partial charge in [-0.3, -0.25) is 0 Å². The molecule has 0 radical (unpaired) electrons. The molecule has 4 aromatic heterocycles. The fourth-order valence-electron chi connectivity index (χ4n) is 6.04. The van der Waals surface area contributed by atoms with Gasteiger partial charge in [-0.2, -0.15) is 0 Å². The number of anilines is 2. The van der Waals surface area contributed by atoms with Crippen LogP contribution in [0.1, 0.15) is 50.7 Å². The summed E-state index contributed by atoms with van der Waals surface area (Å²) in [6.07, 6.45) is 11.4. The van der Waals surface area contributed by atoms with Gasteiger partial charge in [0.2, 0.25) is 0 Å². The van der Waals surface area contributed by atoms with Gasteiger partial charge in [0.1, 0.15) is 23.7 Å². The molecule has 0 atom stereocenters. The van der Waals surface area contributed by atoms with Gasteiger partial charge in [0.25, 0.3) is 0 Å². The molecule has 7 rings (SSSR count). The number of benzene rings is 3. The minimum Gasteiger partial charge on any atom is -0.364 e. The Morgan fingerprint density at radius 3 is 1.34 bits per heavy atom. The molecule has 0 amide bonds. The summed E-state index contributed by atoms with van der Waals surface area (Å²) in [7, 11) is 0. The third kappa shape index (κ3) is 5.06. The fourth-order valence-corrected chi connectivity index (χ4v) is 6.04. The monoisotopic (exact) mass is 584 g/mol. The Labute approximate surface area is 255 Å². The van der Waals surface area contributed by atoms with E-state index in [1.165, 1.54) is 32.7 Å². The predicted octanol–water partition coefficient (Wildman–Crippen LogP) is 7.10. The number of hydrogen-bond acceptors (Lipinski definition) is 8. The summed E-state index contributed by atoms with van der Waals surface area (Å²) in [6.45, 7) is 7.38. The van der Waals surface area contributed by atoms with Crippen LogP contribution in [0.3, 0.4) is 0 Å². The molecule has 222 valence electrons. The lowest BCUT2D eigenvalue weighted by molar-refractivity contribution is 0.641. The minimum atomic E-state index is 0.602. The number of aryl methyl sites for hydroxylation is 2. The van der Waals surface area contributed by atoms with Crippen LogP contribution in [-0.2, 0) is 26.2 Å². The number of rotatable bonds is 12. The van der Waals surface area contributed by atoms with Crippen molar-refractivity contribution >= 4 is 55.5 Å². The summed E-state index contributed by atoms with van der Waals surface area (Å²) in [6, 6.07) is 17.2. The summed E-state index contributed by atoms with van der Waals surface area (Å²) >= 11 is 0.